The van der Waals surface area contributed by atoms with Crippen LogP contribution < -0.4 is 0 Å². The molecule has 0 amide bonds. The van der Waals surface area contributed by atoms with Gasteiger partial charge in [-0.25, -0.2) is 4.39 Å². The summed E-state index contributed by atoms with van der Waals surface area (Å²) in [7, 11) is 0. The van der Waals surface area contributed by atoms with Crippen molar-refractivity contribution in [3.05, 3.63) is 76.8 Å². The maximum absolute atomic E-state index is 13.5. The van der Waals surface area contributed by atoms with Crippen LogP contribution in [0.25, 0.3) is 5.57 Å². The fraction of sp³-hybridized carbons (Fsp3) is 0.118. The van der Waals surface area contributed by atoms with Crippen LogP contribution in [0.2, 0.25) is 0 Å². The molecular formula is C17H15FO3. The van der Waals surface area contributed by atoms with Crippen molar-refractivity contribution in [2.45, 2.75) is 6.92 Å². The zero-order valence-electron chi connectivity index (χ0n) is 11.5. The first-order chi connectivity index (χ1) is 10.2. The fourth-order valence-corrected chi connectivity index (χ4v) is 2.20. The van der Waals surface area contributed by atoms with E-state index in [1.165, 1.54) is 12.1 Å². The molecule has 0 atom stereocenters. The summed E-state index contributed by atoms with van der Waals surface area (Å²) in [5, 5.41) is 9.47. The van der Waals surface area contributed by atoms with Gasteiger partial charge in [0.05, 0.1) is 0 Å². The van der Waals surface area contributed by atoms with Crippen molar-refractivity contribution in [2.75, 3.05) is 6.61 Å². The quantitative estimate of drug-likeness (QED) is 0.679. The lowest BCUT2D eigenvalue weighted by atomic mass is 9.93. The average Bonchev–Trinajstić information content (AvgIpc) is 2.48. The van der Waals surface area contributed by atoms with E-state index in [4.69, 9.17) is 4.74 Å². The molecule has 0 aliphatic heterocycles. The van der Waals surface area contributed by atoms with Crippen LogP contribution in [0.15, 0.2) is 54.3 Å². The van der Waals surface area contributed by atoms with Crippen molar-refractivity contribution in [1.29, 1.82) is 0 Å². The van der Waals surface area contributed by atoms with Crippen LogP contribution in [0.1, 0.15) is 16.7 Å². The van der Waals surface area contributed by atoms with Gasteiger partial charge < -0.3 is 9.84 Å². The Balaban J connectivity index is 2.71. The van der Waals surface area contributed by atoms with E-state index in [-0.39, 0.29) is 12.2 Å². The minimum Gasteiger partial charge on any atom is -0.430 e. The SMILES string of the molecule is Cc1ccccc1/C(=C(/CO)OC=O)c1cccc(F)c1. The van der Waals surface area contributed by atoms with Gasteiger partial charge in [0, 0.05) is 5.57 Å². The fourth-order valence-electron chi connectivity index (χ4n) is 2.20. The van der Waals surface area contributed by atoms with Crippen molar-refractivity contribution >= 4 is 12.0 Å². The number of ether oxygens (including phenoxy) is 1. The summed E-state index contributed by atoms with van der Waals surface area (Å²) in [5.41, 5.74) is 2.74. The predicted octanol–water partition coefficient (Wildman–Crippen LogP) is 3.06. The number of carbonyl (C=O) groups excluding carboxylic acids is 1. The van der Waals surface area contributed by atoms with Gasteiger partial charge in [-0.05, 0) is 35.7 Å². The van der Waals surface area contributed by atoms with Crippen LogP contribution >= 0.6 is 0 Å². The lowest BCUT2D eigenvalue weighted by molar-refractivity contribution is -0.125. The summed E-state index contributed by atoms with van der Waals surface area (Å²) in [6.45, 7) is 1.69. The molecule has 21 heavy (non-hydrogen) atoms. The first kappa shape index (κ1) is 14.9. The summed E-state index contributed by atoms with van der Waals surface area (Å²) in [5.74, 6) is -0.313. The molecule has 0 saturated carbocycles. The summed E-state index contributed by atoms with van der Waals surface area (Å²) >= 11 is 0. The van der Waals surface area contributed by atoms with Gasteiger partial charge in [-0.2, -0.15) is 0 Å². The molecule has 4 heteroatoms. The van der Waals surface area contributed by atoms with Crippen molar-refractivity contribution in [3.8, 4) is 0 Å². The molecule has 0 aliphatic carbocycles. The maximum Gasteiger partial charge on any atom is 0.298 e. The Hall–Kier alpha value is -2.46. The van der Waals surface area contributed by atoms with Crippen molar-refractivity contribution in [3.63, 3.8) is 0 Å². The first-order valence-corrected chi connectivity index (χ1v) is 6.43. The molecule has 2 rings (SSSR count). The van der Waals surface area contributed by atoms with Crippen LogP contribution in [0.4, 0.5) is 4.39 Å². The van der Waals surface area contributed by atoms with E-state index in [1.807, 2.05) is 31.2 Å². The third-order valence-corrected chi connectivity index (χ3v) is 3.14. The van der Waals surface area contributed by atoms with Gasteiger partial charge in [-0.3, -0.25) is 4.79 Å². The molecule has 1 N–H and O–H groups in total. The Kier molecular flexibility index (Phi) is 4.85. The van der Waals surface area contributed by atoms with E-state index in [1.54, 1.807) is 12.1 Å². The second-order valence-corrected chi connectivity index (χ2v) is 4.50. The number of hydrogen-bond acceptors (Lipinski definition) is 3. The molecule has 0 aromatic heterocycles. The molecule has 0 bridgehead atoms. The molecule has 0 radical (unpaired) electrons. The highest BCUT2D eigenvalue weighted by Crippen LogP contribution is 2.29. The van der Waals surface area contributed by atoms with Gasteiger partial charge in [-0.15, -0.1) is 0 Å². The molecule has 0 unspecified atom stereocenters. The summed E-state index contributed by atoms with van der Waals surface area (Å²) < 4.78 is 18.4. The van der Waals surface area contributed by atoms with Crippen LogP contribution in [0, 0.1) is 12.7 Å². The predicted molar refractivity (Wildman–Crippen MR) is 77.8 cm³/mol. The minimum absolute atomic E-state index is 0.0879. The third-order valence-electron chi connectivity index (χ3n) is 3.14. The molecule has 2 aromatic rings. The Morgan fingerprint density at radius 2 is 2.00 bits per heavy atom. The molecule has 0 aliphatic rings. The average molecular weight is 286 g/mol. The number of halogens is 1. The molecule has 0 fully saturated rings. The molecule has 108 valence electrons. The van der Waals surface area contributed by atoms with Crippen molar-refractivity contribution in [2.24, 2.45) is 0 Å². The van der Waals surface area contributed by atoms with Gasteiger partial charge in [0.25, 0.3) is 6.47 Å². The van der Waals surface area contributed by atoms with Crippen LogP contribution in [0.5, 0.6) is 0 Å². The highest BCUT2D eigenvalue weighted by Gasteiger charge is 2.15. The van der Waals surface area contributed by atoms with E-state index in [0.29, 0.717) is 11.1 Å². The zero-order chi connectivity index (χ0) is 15.2. The molecular weight excluding hydrogens is 271 g/mol. The number of aliphatic hydroxyl groups is 1. The van der Waals surface area contributed by atoms with Gasteiger partial charge in [0.2, 0.25) is 0 Å². The second kappa shape index (κ2) is 6.81. The van der Waals surface area contributed by atoms with Crippen molar-refractivity contribution < 1.29 is 19.0 Å². The number of carbonyl (C=O) groups is 1. The molecule has 0 saturated heterocycles. The van der Waals surface area contributed by atoms with Crippen molar-refractivity contribution in [1.82, 2.24) is 0 Å². The Bertz CT molecular complexity index is 677. The molecule has 3 nitrogen and oxygen atoms in total. The zero-order valence-corrected chi connectivity index (χ0v) is 11.5. The highest BCUT2D eigenvalue weighted by molar-refractivity contribution is 5.83. The largest absolute Gasteiger partial charge is 0.430 e. The van der Waals surface area contributed by atoms with E-state index in [9.17, 15) is 14.3 Å². The number of hydrogen-bond donors (Lipinski definition) is 1. The van der Waals surface area contributed by atoms with E-state index < -0.39 is 12.4 Å². The third kappa shape index (κ3) is 3.35. The smallest absolute Gasteiger partial charge is 0.298 e. The summed E-state index contributed by atoms with van der Waals surface area (Å²) in [6.07, 6.45) is 0. The normalized spacial score (nSPS) is 11.8. The lowest BCUT2D eigenvalue weighted by Gasteiger charge is -2.15. The monoisotopic (exact) mass is 286 g/mol. The number of aliphatic hydroxyl groups excluding tert-OH is 1. The lowest BCUT2D eigenvalue weighted by Crippen LogP contribution is -2.04. The summed E-state index contributed by atoms with van der Waals surface area (Å²) in [6, 6.07) is 13.4. The number of rotatable bonds is 5. The van der Waals surface area contributed by atoms with Gasteiger partial charge in [-0.1, -0.05) is 36.4 Å². The van der Waals surface area contributed by atoms with Gasteiger partial charge in [0.1, 0.15) is 18.2 Å². The van der Waals surface area contributed by atoms with Gasteiger partial charge in [0.15, 0.2) is 0 Å². The Labute approximate surface area is 122 Å². The highest BCUT2D eigenvalue weighted by atomic mass is 19.1. The number of aryl methyl sites for hydroxylation is 1. The van der Waals surface area contributed by atoms with E-state index in [0.717, 1.165) is 11.1 Å². The summed E-state index contributed by atoms with van der Waals surface area (Å²) in [4.78, 5) is 10.7. The van der Waals surface area contributed by atoms with Gasteiger partial charge >= 0.3 is 0 Å². The molecule has 2 aromatic carbocycles. The molecule has 0 spiro atoms. The van der Waals surface area contributed by atoms with Crippen LogP contribution in [-0.2, 0) is 9.53 Å². The first-order valence-electron chi connectivity index (χ1n) is 6.43. The number of benzene rings is 2. The van der Waals surface area contributed by atoms with Crippen LogP contribution in [-0.4, -0.2) is 18.2 Å². The molecule has 0 heterocycles. The maximum atomic E-state index is 13.5. The Morgan fingerprint density at radius 3 is 2.62 bits per heavy atom. The minimum atomic E-state index is -0.459. The standard InChI is InChI=1S/C17H15FO3/c1-12-5-2-3-8-15(12)17(16(10-19)21-11-20)13-6-4-7-14(18)9-13/h2-9,11,19H,10H2,1H3/b17-16-. The van der Waals surface area contributed by atoms with Crippen LogP contribution in [0.3, 0.4) is 0 Å². The second-order valence-electron chi connectivity index (χ2n) is 4.50. The topological polar surface area (TPSA) is 46.5 Å². The Morgan fingerprint density at radius 1 is 1.24 bits per heavy atom. The van der Waals surface area contributed by atoms with E-state index in [2.05, 4.69) is 0 Å². The van der Waals surface area contributed by atoms with E-state index >= 15 is 0 Å².